The number of nitriles is 1. The fourth-order valence-electron chi connectivity index (χ4n) is 2.36. The minimum Gasteiger partial charge on any atom is -0.338 e. The second-order valence-electron chi connectivity index (χ2n) is 4.37. The van der Waals surface area contributed by atoms with E-state index in [-0.39, 0.29) is 10.6 Å². The molecule has 0 atom stereocenters. The molecule has 1 aliphatic rings. The Hall–Kier alpha value is -1.83. The Labute approximate surface area is 124 Å². The Morgan fingerprint density at radius 3 is 2.90 bits per heavy atom. The number of pyridine rings is 1. The SMILES string of the molecule is N#Cc1c(Cl)c(-c2cccnc2F)n2c1C=C(Cl)CC2. The molecule has 0 amide bonds. The first kappa shape index (κ1) is 13.2. The zero-order valence-corrected chi connectivity index (χ0v) is 11.7. The molecule has 0 aliphatic carbocycles. The van der Waals surface area contributed by atoms with Gasteiger partial charge in [-0.3, -0.25) is 0 Å². The third-order valence-electron chi connectivity index (χ3n) is 3.24. The minimum atomic E-state index is -0.611. The summed E-state index contributed by atoms with van der Waals surface area (Å²) in [6.45, 7) is 0.551. The molecule has 3 nitrogen and oxygen atoms in total. The highest BCUT2D eigenvalue weighted by Gasteiger charge is 2.25. The van der Waals surface area contributed by atoms with E-state index in [0.717, 1.165) is 0 Å². The molecule has 0 spiro atoms. The highest BCUT2D eigenvalue weighted by molar-refractivity contribution is 6.35. The lowest BCUT2D eigenvalue weighted by molar-refractivity contribution is 0.584. The van der Waals surface area contributed by atoms with E-state index in [1.165, 1.54) is 6.20 Å². The second-order valence-corrected chi connectivity index (χ2v) is 5.23. The van der Waals surface area contributed by atoms with Gasteiger partial charge in [-0.1, -0.05) is 23.2 Å². The maximum atomic E-state index is 13.9. The lowest BCUT2D eigenvalue weighted by atomic mass is 10.2. The van der Waals surface area contributed by atoms with Gasteiger partial charge in [-0.25, -0.2) is 4.98 Å². The number of hydrogen-bond acceptors (Lipinski definition) is 2. The first-order chi connectivity index (χ1) is 9.63. The van der Waals surface area contributed by atoms with Gasteiger partial charge in [0.05, 0.1) is 27.5 Å². The lowest BCUT2D eigenvalue weighted by Crippen LogP contribution is -2.08. The van der Waals surface area contributed by atoms with Crippen LogP contribution in [0, 0.1) is 17.3 Å². The Balaban J connectivity index is 2.34. The highest BCUT2D eigenvalue weighted by atomic mass is 35.5. The Morgan fingerprint density at radius 1 is 1.40 bits per heavy atom. The number of rotatable bonds is 1. The summed E-state index contributed by atoms with van der Waals surface area (Å²) in [6.07, 6.45) is 3.70. The van der Waals surface area contributed by atoms with Gasteiger partial charge in [-0.05, 0) is 18.2 Å². The standard InChI is InChI=1S/C14H8Cl2FN3/c15-8-3-5-20-11(6-8)10(7-18)12(16)13(20)9-2-1-4-19-14(9)17/h1-2,4,6H,3,5H2. The third-order valence-corrected chi connectivity index (χ3v) is 3.90. The van der Waals surface area contributed by atoms with Crippen molar-refractivity contribution in [3.63, 3.8) is 0 Å². The number of halogens is 3. The van der Waals surface area contributed by atoms with E-state index in [9.17, 15) is 9.65 Å². The predicted molar refractivity (Wildman–Crippen MR) is 75.8 cm³/mol. The van der Waals surface area contributed by atoms with Crippen molar-refractivity contribution in [1.82, 2.24) is 9.55 Å². The maximum Gasteiger partial charge on any atom is 0.222 e. The molecule has 3 rings (SSSR count). The number of allylic oxidation sites excluding steroid dienone is 1. The van der Waals surface area contributed by atoms with Crippen LogP contribution in [-0.2, 0) is 6.54 Å². The van der Waals surface area contributed by atoms with E-state index in [2.05, 4.69) is 11.1 Å². The van der Waals surface area contributed by atoms with Gasteiger partial charge in [0.15, 0.2) is 0 Å². The van der Waals surface area contributed by atoms with Crippen molar-refractivity contribution < 1.29 is 4.39 Å². The van der Waals surface area contributed by atoms with Gasteiger partial charge in [-0.15, -0.1) is 0 Å². The van der Waals surface area contributed by atoms with Crippen LogP contribution in [0.2, 0.25) is 5.02 Å². The summed E-state index contributed by atoms with van der Waals surface area (Å²) >= 11 is 12.3. The van der Waals surface area contributed by atoms with Gasteiger partial charge < -0.3 is 4.57 Å². The van der Waals surface area contributed by atoms with E-state index in [0.29, 0.717) is 34.9 Å². The van der Waals surface area contributed by atoms with Gasteiger partial charge in [0.2, 0.25) is 5.95 Å². The summed E-state index contributed by atoms with van der Waals surface area (Å²) in [5, 5.41) is 10.1. The number of nitrogens with zero attached hydrogens (tertiary/aromatic N) is 3. The van der Waals surface area contributed by atoms with Crippen molar-refractivity contribution in [2.75, 3.05) is 0 Å². The van der Waals surface area contributed by atoms with Gasteiger partial charge in [-0.2, -0.15) is 9.65 Å². The Morgan fingerprint density at radius 2 is 2.20 bits per heavy atom. The van der Waals surface area contributed by atoms with E-state index in [1.807, 2.05) is 4.57 Å². The summed E-state index contributed by atoms with van der Waals surface area (Å²) in [4.78, 5) is 3.63. The molecule has 2 aromatic rings. The van der Waals surface area contributed by atoms with E-state index in [1.54, 1.807) is 18.2 Å². The maximum absolute atomic E-state index is 13.9. The molecule has 0 aromatic carbocycles. The molecule has 0 bridgehead atoms. The van der Waals surface area contributed by atoms with Crippen molar-refractivity contribution in [3.8, 4) is 17.3 Å². The van der Waals surface area contributed by atoms with Crippen LogP contribution in [-0.4, -0.2) is 9.55 Å². The third kappa shape index (κ3) is 1.91. The molecule has 2 aromatic heterocycles. The van der Waals surface area contributed by atoms with Crippen LogP contribution in [0.4, 0.5) is 4.39 Å². The van der Waals surface area contributed by atoms with Gasteiger partial charge >= 0.3 is 0 Å². The summed E-state index contributed by atoms with van der Waals surface area (Å²) in [6, 6.07) is 5.28. The average molecular weight is 308 g/mol. The predicted octanol–water partition coefficient (Wildman–Crippen LogP) is 4.20. The monoisotopic (exact) mass is 307 g/mol. The van der Waals surface area contributed by atoms with Crippen molar-refractivity contribution in [2.24, 2.45) is 0 Å². The van der Waals surface area contributed by atoms with Crippen LogP contribution >= 0.6 is 23.2 Å². The summed E-state index contributed by atoms with van der Waals surface area (Å²) < 4.78 is 15.7. The Bertz CT molecular complexity index is 771. The van der Waals surface area contributed by atoms with Crippen LogP contribution in [0.15, 0.2) is 23.4 Å². The van der Waals surface area contributed by atoms with Crippen LogP contribution in [0.5, 0.6) is 0 Å². The van der Waals surface area contributed by atoms with Crippen LogP contribution < -0.4 is 0 Å². The number of aromatic nitrogens is 2. The van der Waals surface area contributed by atoms with Gasteiger partial charge in [0, 0.05) is 24.2 Å². The summed E-state index contributed by atoms with van der Waals surface area (Å²) in [7, 11) is 0. The van der Waals surface area contributed by atoms with Gasteiger partial charge in [0.1, 0.15) is 6.07 Å². The molecule has 0 fully saturated rings. The fraction of sp³-hybridized carbons (Fsp3) is 0.143. The molecule has 6 heteroatoms. The first-order valence-corrected chi connectivity index (χ1v) is 6.68. The smallest absolute Gasteiger partial charge is 0.222 e. The largest absolute Gasteiger partial charge is 0.338 e. The highest BCUT2D eigenvalue weighted by Crippen LogP contribution is 2.39. The van der Waals surface area contributed by atoms with E-state index < -0.39 is 5.95 Å². The molecule has 100 valence electrons. The molecule has 0 unspecified atom stereocenters. The minimum absolute atomic E-state index is 0.233. The zero-order valence-electron chi connectivity index (χ0n) is 10.2. The molecule has 20 heavy (non-hydrogen) atoms. The number of fused-ring (bicyclic) bond motifs is 1. The molecule has 1 aliphatic heterocycles. The summed E-state index contributed by atoms with van der Waals surface area (Å²) in [5.41, 5.74) is 1.69. The number of hydrogen-bond donors (Lipinski definition) is 0. The lowest BCUT2D eigenvalue weighted by Gasteiger charge is -2.16. The molecule has 3 heterocycles. The molecule has 0 saturated carbocycles. The molecule has 0 saturated heterocycles. The molecular weight excluding hydrogens is 300 g/mol. The van der Waals surface area contributed by atoms with Crippen molar-refractivity contribution >= 4 is 29.3 Å². The normalized spacial score (nSPS) is 13.6. The van der Waals surface area contributed by atoms with Crippen molar-refractivity contribution in [1.29, 1.82) is 5.26 Å². The van der Waals surface area contributed by atoms with Crippen molar-refractivity contribution in [2.45, 2.75) is 13.0 Å². The second kappa shape index (κ2) is 4.93. The van der Waals surface area contributed by atoms with E-state index >= 15 is 0 Å². The van der Waals surface area contributed by atoms with Crippen LogP contribution in [0.1, 0.15) is 17.7 Å². The molecular formula is C14H8Cl2FN3. The van der Waals surface area contributed by atoms with Crippen LogP contribution in [0.3, 0.4) is 0 Å². The average Bonchev–Trinajstić information content (AvgIpc) is 2.70. The van der Waals surface area contributed by atoms with Crippen LogP contribution in [0.25, 0.3) is 17.3 Å². The van der Waals surface area contributed by atoms with Gasteiger partial charge in [0.25, 0.3) is 0 Å². The molecule has 0 radical (unpaired) electrons. The topological polar surface area (TPSA) is 41.6 Å². The Kier molecular flexibility index (Phi) is 3.25. The van der Waals surface area contributed by atoms with Crippen molar-refractivity contribution in [3.05, 3.63) is 45.6 Å². The fourth-order valence-corrected chi connectivity index (χ4v) is 2.89. The summed E-state index contributed by atoms with van der Waals surface area (Å²) in [5.74, 6) is -0.611. The van der Waals surface area contributed by atoms with E-state index in [4.69, 9.17) is 23.2 Å². The molecule has 0 N–H and O–H groups in total. The zero-order chi connectivity index (χ0) is 14.3. The quantitative estimate of drug-likeness (QED) is 0.741. The first-order valence-electron chi connectivity index (χ1n) is 5.92.